The highest BCUT2D eigenvalue weighted by atomic mass is 32.2. The molecule has 0 saturated heterocycles. The molecule has 1 aromatic rings. The number of esters is 1. The summed E-state index contributed by atoms with van der Waals surface area (Å²) in [7, 11) is 0. The van der Waals surface area contributed by atoms with Crippen LogP contribution in [0.25, 0.3) is 5.57 Å². The number of carboxylic acid groups (broad SMARTS) is 3. The molecule has 0 heterocycles. The van der Waals surface area contributed by atoms with Crippen LogP contribution in [-0.4, -0.2) is 92.7 Å². The Morgan fingerprint density at radius 2 is 1.09 bits per heavy atom. The van der Waals surface area contributed by atoms with Crippen LogP contribution in [0.5, 0.6) is 0 Å². The molecule has 14 heteroatoms. The minimum absolute atomic E-state index is 0.105. The van der Waals surface area contributed by atoms with Gasteiger partial charge in [-0.3, -0.25) is 14.4 Å². The Balaban J connectivity index is 2.49. The zero-order valence-electron chi connectivity index (χ0n) is 41.0. The number of carbonyl (C=O) groups is 6. The monoisotopic (exact) mass is 964 g/mol. The molecule has 67 heavy (non-hydrogen) atoms. The summed E-state index contributed by atoms with van der Waals surface area (Å²) in [5.74, 6) is -4.53. The Labute approximate surface area is 408 Å². The predicted molar refractivity (Wildman–Crippen MR) is 275 cm³/mol. The SMILES string of the molecule is CCCC(CC(=O)OC/C(C)=C/CC/C(C)=C/CC/C(C)=C/CSC[C@H](NC(=O)/C=C(\C(=O)O)c1ccccc1)C(=O)O)C(=O)N[C@@H](CSC/C=C(\C)CC/C=C(\C)CCC=C(C)C)C(=O)O. The smallest absolute Gasteiger partial charge is 0.336 e. The molecule has 0 aliphatic carbocycles. The zero-order chi connectivity index (χ0) is 50.1. The van der Waals surface area contributed by atoms with E-state index in [1.807, 2.05) is 32.9 Å². The number of thioether (sulfide) groups is 2. The Bertz CT molecular complexity index is 1980. The van der Waals surface area contributed by atoms with Crippen LogP contribution >= 0.6 is 23.5 Å². The Morgan fingerprint density at radius 1 is 0.627 bits per heavy atom. The average molecular weight is 965 g/mol. The van der Waals surface area contributed by atoms with Crippen molar-refractivity contribution in [3.05, 3.63) is 112 Å². The van der Waals surface area contributed by atoms with Gasteiger partial charge >= 0.3 is 23.9 Å². The van der Waals surface area contributed by atoms with Crippen molar-refractivity contribution in [2.24, 2.45) is 5.92 Å². The highest BCUT2D eigenvalue weighted by Crippen LogP contribution is 2.18. The van der Waals surface area contributed by atoms with Crippen molar-refractivity contribution in [3.8, 4) is 0 Å². The van der Waals surface area contributed by atoms with Gasteiger partial charge in [-0.05, 0) is 117 Å². The van der Waals surface area contributed by atoms with Crippen LogP contribution in [-0.2, 0) is 33.5 Å². The summed E-state index contributed by atoms with van der Waals surface area (Å²) >= 11 is 2.80. The van der Waals surface area contributed by atoms with E-state index >= 15 is 0 Å². The molecule has 0 spiro atoms. The highest BCUT2D eigenvalue weighted by Gasteiger charge is 2.27. The fraction of sp³-hybridized carbons (Fsp3) is 0.509. The number of hydrogen-bond donors (Lipinski definition) is 5. The molecular weight excluding hydrogens is 889 g/mol. The zero-order valence-corrected chi connectivity index (χ0v) is 42.6. The van der Waals surface area contributed by atoms with Crippen LogP contribution in [0.2, 0.25) is 0 Å². The number of benzene rings is 1. The van der Waals surface area contributed by atoms with Gasteiger partial charge in [0.2, 0.25) is 11.8 Å². The van der Waals surface area contributed by atoms with E-state index in [1.165, 1.54) is 45.8 Å². The molecule has 0 aromatic heterocycles. The molecule has 0 fully saturated rings. The molecular formula is C53H76N2O10S2. The van der Waals surface area contributed by atoms with Gasteiger partial charge in [0, 0.05) is 35.0 Å². The summed E-state index contributed by atoms with van der Waals surface area (Å²) in [4.78, 5) is 74.0. The lowest BCUT2D eigenvalue weighted by atomic mass is 9.98. The molecule has 3 atom stereocenters. The topological polar surface area (TPSA) is 196 Å². The molecule has 2 amide bonds. The van der Waals surface area contributed by atoms with Crippen molar-refractivity contribution < 1.29 is 48.8 Å². The summed E-state index contributed by atoms with van der Waals surface area (Å²) < 4.78 is 5.51. The summed E-state index contributed by atoms with van der Waals surface area (Å²) in [6, 6.07) is 5.88. The molecule has 1 unspecified atom stereocenters. The molecule has 5 N–H and O–H groups in total. The third kappa shape index (κ3) is 29.3. The lowest BCUT2D eigenvalue weighted by Gasteiger charge is -2.19. The molecule has 12 nitrogen and oxygen atoms in total. The average Bonchev–Trinajstić information content (AvgIpc) is 3.26. The quantitative estimate of drug-likeness (QED) is 0.0190. The molecule has 0 aliphatic rings. The second-order valence-electron chi connectivity index (χ2n) is 17.1. The Hall–Kier alpha value is -5.08. The van der Waals surface area contributed by atoms with Crippen molar-refractivity contribution >= 4 is 64.8 Å². The molecule has 0 aliphatic heterocycles. The normalized spacial score (nSPS) is 14.1. The molecule has 1 rings (SSSR count). The number of allylic oxidation sites excluding steroid dienone is 9. The van der Waals surface area contributed by atoms with Crippen LogP contribution in [0, 0.1) is 5.92 Å². The predicted octanol–water partition coefficient (Wildman–Crippen LogP) is 10.9. The van der Waals surface area contributed by atoms with E-state index in [0.717, 1.165) is 68.6 Å². The lowest BCUT2D eigenvalue weighted by Crippen LogP contribution is -2.45. The molecule has 0 bridgehead atoms. The first-order chi connectivity index (χ1) is 31.8. The van der Waals surface area contributed by atoms with E-state index < -0.39 is 53.7 Å². The van der Waals surface area contributed by atoms with Crippen LogP contribution < -0.4 is 10.6 Å². The molecule has 0 saturated carbocycles. The third-order valence-corrected chi connectivity index (χ3v) is 12.5. The fourth-order valence-electron chi connectivity index (χ4n) is 6.47. The number of ether oxygens (including phenoxy) is 1. The minimum Gasteiger partial charge on any atom is -0.480 e. The highest BCUT2D eigenvalue weighted by molar-refractivity contribution is 7.99. The number of nitrogens with one attached hydrogen (secondary N) is 2. The van der Waals surface area contributed by atoms with Gasteiger partial charge in [0.05, 0.1) is 12.0 Å². The van der Waals surface area contributed by atoms with Crippen molar-refractivity contribution in [1.82, 2.24) is 10.6 Å². The van der Waals surface area contributed by atoms with Gasteiger partial charge in [-0.25, -0.2) is 14.4 Å². The summed E-state index contributed by atoms with van der Waals surface area (Å²) in [6.07, 6.45) is 22.0. The van der Waals surface area contributed by atoms with Crippen molar-refractivity contribution in [3.63, 3.8) is 0 Å². The van der Waals surface area contributed by atoms with Gasteiger partial charge < -0.3 is 30.7 Å². The van der Waals surface area contributed by atoms with Gasteiger partial charge in [-0.15, -0.1) is 0 Å². The number of hydrogen-bond acceptors (Lipinski definition) is 9. The van der Waals surface area contributed by atoms with Crippen LogP contribution in [0.4, 0.5) is 0 Å². The van der Waals surface area contributed by atoms with Crippen molar-refractivity contribution in [2.75, 3.05) is 29.6 Å². The number of amides is 2. The number of carboxylic acids is 3. The van der Waals surface area contributed by atoms with Gasteiger partial charge in [0.15, 0.2) is 0 Å². The van der Waals surface area contributed by atoms with Gasteiger partial charge in [0.1, 0.15) is 18.7 Å². The first-order valence-corrected chi connectivity index (χ1v) is 25.4. The second kappa shape index (κ2) is 35.1. The maximum Gasteiger partial charge on any atom is 0.336 e. The van der Waals surface area contributed by atoms with E-state index in [0.29, 0.717) is 29.9 Å². The summed E-state index contributed by atoms with van der Waals surface area (Å²) in [5.41, 5.74) is 7.32. The Kier molecular flexibility index (Phi) is 31.4. The van der Waals surface area contributed by atoms with Crippen molar-refractivity contribution in [2.45, 2.75) is 138 Å². The van der Waals surface area contributed by atoms with Crippen LogP contribution in [0.1, 0.15) is 132 Å². The third-order valence-electron chi connectivity index (χ3n) is 10.6. The summed E-state index contributed by atoms with van der Waals surface area (Å²) in [6.45, 7) is 16.4. The largest absolute Gasteiger partial charge is 0.480 e. The first-order valence-electron chi connectivity index (χ1n) is 23.1. The standard InChI is InChI=1S/C53H76N2O10S2/c1-9-17-44(50(58)55-47(53(63)64)36-67-31-29-41(7)23-14-20-38(4)19-13-18-37(2)3)32-49(57)65-34-42(8)25-16-22-39(5)21-15-24-40(6)28-30-66-35-46(52(61)62)54-48(56)33-45(51(59)60)43-26-11-10-12-27-43/h10-12,18,20-21,25-29,33,44,46-47H,9,13-17,19,22-24,30-32,34-36H2,1-8H3,(H,54,56)(H,55,58)(H,59,60)(H,61,62)(H,63,64)/b38-20+,39-21+,40-28+,41-29+,42-25+,45-33-/t44?,46-,47-/m0/s1. The van der Waals surface area contributed by atoms with E-state index in [4.69, 9.17) is 4.74 Å². The molecule has 1 aromatic carbocycles. The van der Waals surface area contributed by atoms with E-state index in [2.05, 4.69) is 69.6 Å². The van der Waals surface area contributed by atoms with E-state index in [-0.39, 0.29) is 30.1 Å². The minimum atomic E-state index is -1.29. The summed E-state index contributed by atoms with van der Waals surface area (Å²) in [5, 5.41) is 34.1. The molecule has 370 valence electrons. The Morgan fingerprint density at radius 3 is 1.55 bits per heavy atom. The van der Waals surface area contributed by atoms with Crippen LogP contribution in [0.3, 0.4) is 0 Å². The van der Waals surface area contributed by atoms with Gasteiger partial charge in [-0.2, -0.15) is 23.5 Å². The van der Waals surface area contributed by atoms with E-state index in [9.17, 15) is 44.1 Å². The first kappa shape index (κ1) is 59.9. The number of aliphatic carboxylic acids is 3. The lowest BCUT2D eigenvalue weighted by molar-refractivity contribution is -0.147. The second-order valence-corrected chi connectivity index (χ2v) is 19.3. The maximum absolute atomic E-state index is 13.2. The van der Waals surface area contributed by atoms with Gasteiger partial charge in [-0.1, -0.05) is 108 Å². The van der Waals surface area contributed by atoms with Crippen molar-refractivity contribution in [1.29, 1.82) is 0 Å². The number of carbonyl (C=O) groups excluding carboxylic acids is 3. The van der Waals surface area contributed by atoms with E-state index in [1.54, 1.807) is 30.3 Å². The van der Waals surface area contributed by atoms with Gasteiger partial charge in [0.25, 0.3) is 0 Å². The number of rotatable bonds is 34. The van der Waals surface area contributed by atoms with Crippen LogP contribution in [0.15, 0.2) is 106 Å². The fourth-order valence-corrected chi connectivity index (χ4v) is 8.47. The maximum atomic E-state index is 13.2. The molecule has 0 radical (unpaired) electrons.